The fraction of sp³-hybridized carbons (Fsp3) is 0.471. The summed E-state index contributed by atoms with van der Waals surface area (Å²) < 4.78 is 19.1. The highest BCUT2D eigenvalue weighted by atomic mass is 16.6. The van der Waals surface area contributed by atoms with Crippen LogP contribution < -0.4 is 9.64 Å². The van der Waals surface area contributed by atoms with Gasteiger partial charge in [-0.25, -0.2) is 4.79 Å². The van der Waals surface area contributed by atoms with Crippen LogP contribution in [0, 0.1) is 5.92 Å². The minimum absolute atomic E-state index is 0.0423. The van der Waals surface area contributed by atoms with E-state index in [4.69, 9.17) is 14.2 Å². The number of benzene rings is 2. The molecular weight excluding hydrogens is 530 g/mol. The number of nitrogens with zero attached hydrogens (tertiary/aromatic N) is 3. The van der Waals surface area contributed by atoms with E-state index in [-0.39, 0.29) is 29.6 Å². The molecule has 1 spiro atoms. The van der Waals surface area contributed by atoms with Crippen LogP contribution in [0.15, 0.2) is 60.4 Å². The molecule has 8 nitrogen and oxygen atoms in total. The molecule has 0 aromatic heterocycles. The summed E-state index contributed by atoms with van der Waals surface area (Å²) >= 11 is 0. The first-order valence-corrected chi connectivity index (χ1v) is 14.8. The van der Waals surface area contributed by atoms with Gasteiger partial charge < -0.3 is 24.0 Å². The molecule has 4 aliphatic rings. The Bertz CT molecular complexity index is 1480. The van der Waals surface area contributed by atoms with Gasteiger partial charge in [0.15, 0.2) is 5.60 Å². The van der Waals surface area contributed by atoms with Crippen LogP contribution in [0.25, 0.3) is 0 Å². The normalized spacial score (nSPS) is 25.0. The van der Waals surface area contributed by atoms with E-state index < -0.39 is 11.6 Å². The maximum Gasteiger partial charge on any atom is 0.339 e. The lowest BCUT2D eigenvalue weighted by Gasteiger charge is -2.43. The largest absolute Gasteiger partial charge is 0.461 e. The van der Waals surface area contributed by atoms with Crippen molar-refractivity contribution in [3.63, 3.8) is 0 Å². The van der Waals surface area contributed by atoms with E-state index in [1.165, 1.54) is 0 Å². The van der Waals surface area contributed by atoms with Crippen molar-refractivity contribution < 1.29 is 23.8 Å². The predicted octanol–water partition coefficient (Wildman–Crippen LogP) is 4.98. The number of ether oxygens (including phenoxy) is 3. The number of carbonyl (C=O) groups is 2. The number of likely N-dealkylation sites (N-methyl/N-ethyl adjacent to an activating group) is 1. The van der Waals surface area contributed by atoms with Gasteiger partial charge in [-0.3, -0.25) is 9.69 Å². The van der Waals surface area contributed by atoms with Gasteiger partial charge in [0.25, 0.3) is 5.91 Å². The second-order valence-corrected chi connectivity index (χ2v) is 13.2. The minimum atomic E-state index is -1.14. The standard InChI is InChI=1S/C34H41N3O5/c1-33(2,3)41-24-14-16-37(17-15-24)31(38)21-8-11-25-28(18-21)34(42-32(25)39)26-12-9-22(35(4)5)19-29(26)40-30-20-23(36(6)7)10-13-27(30)34/h8-13,18-20,22,24,26H,14-17H2,1-7H3. The number of rotatable bonds is 4. The smallest absolute Gasteiger partial charge is 0.339 e. The first-order chi connectivity index (χ1) is 19.9. The van der Waals surface area contributed by atoms with Crippen molar-refractivity contribution in [1.82, 2.24) is 9.80 Å². The number of carbonyl (C=O) groups excluding carboxylic acids is 2. The fourth-order valence-electron chi connectivity index (χ4n) is 6.59. The number of amides is 1. The van der Waals surface area contributed by atoms with Gasteiger partial charge in [-0.15, -0.1) is 0 Å². The molecule has 42 heavy (non-hydrogen) atoms. The Morgan fingerprint density at radius 2 is 1.74 bits per heavy atom. The Morgan fingerprint density at radius 3 is 2.40 bits per heavy atom. The molecule has 0 saturated carbocycles. The average molecular weight is 572 g/mol. The molecule has 3 aliphatic heterocycles. The topological polar surface area (TPSA) is 71.6 Å². The van der Waals surface area contributed by atoms with Gasteiger partial charge in [0.1, 0.15) is 11.5 Å². The van der Waals surface area contributed by atoms with Crippen LogP contribution in [0.3, 0.4) is 0 Å². The van der Waals surface area contributed by atoms with E-state index in [0.29, 0.717) is 35.5 Å². The van der Waals surface area contributed by atoms with Gasteiger partial charge in [0, 0.05) is 61.7 Å². The van der Waals surface area contributed by atoms with E-state index in [0.717, 1.165) is 29.9 Å². The summed E-state index contributed by atoms with van der Waals surface area (Å²) in [5.41, 5.74) is 2.14. The van der Waals surface area contributed by atoms with Crippen LogP contribution in [0.4, 0.5) is 5.69 Å². The van der Waals surface area contributed by atoms with Crippen molar-refractivity contribution >= 4 is 17.6 Å². The lowest BCUT2D eigenvalue weighted by molar-refractivity contribution is -0.0791. The zero-order valence-corrected chi connectivity index (χ0v) is 25.6. The third-order valence-electron chi connectivity index (χ3n) is 8.68. The number of esters is 1. The second-order valence-electron chi connectivity index (χ2n) is 13.2. The fourth-order valence-corrected chi connectivity index (χ4v) is 6.59. The maximum absolute atomic E-state index is 13.8. The Hall–Kier alpha value is -3.62. The van der Waals surface area contributed by atoms with E-state index in [1.54, 1.807) is 12.1 Å². The first kappa shape index (κ1) is 28.5. The molecule has 2 aromatic rings. The van der Waals surface area contributed by atoms with E-state index in [2.05, 4.69) is 43.9 Å². The average Bonchev–Trinajstić information content (AvgIpc) is 3.23. The van der Waals surface area contributed by atoms with Crippen LogP contribution in [0.2, 0.25) is 0 Å². The Labute approximate surface area is 248 Å². The Morgan fingerprint density at radius 1 is 1.00 bits per heavy atom. The van der Waals surface area contributed by atoms with Gasteiger partial charge in [0.05, 0.1) is 23.2 Å². The second kappa shape index (κ2) is 10.3. The van der Waals surface area contributed by atoms with Crippen LogP contribution >= 0.6 is 0 Å². The molecule has 6 rings (SSSR count). The predicted molar refractivity (Wildman–Crippen MR) is 162 cm³/mol. The molecule has 8 heteroatoms. The van der Waals surface area contributed by atoms with Gasteiger partial charge in [-0.1, -0.05) is 12.2 Å². The van der Waals surface area contributed by atoms with E-state index >= 15 is 0 Å². The van der Waals surface area contributed by atoms with Crippen molar-refractivity contribution in [1.29, 1.82) is 0 Å². The van der Waals surface area contributed by atoms with Crippen LogP contribution in [-0.2, 0) is 15.1 Å². The van der Waals surface area contributed by atoms with Crippen LogP contribution in [-0.4, -0.2) is 80.7 Å². The minimum Gasteiger partial charge on any atom is -0.461 e. The molecule has 222 valence electrons. The summed E-state index contributed by atoms with van der Waals surface area (Å²) in [7, 11) is 8.00. The van der Waals surface area contributed by atoms with Crippen molar-refractivity contribution in [2.45, 2.75) is 57.0 Å². The molecule has 1 saturated heterocycles. The lowest BCUT2D eigenvalue weighted by Crippen LogP contribution is -2.44. The van der Waals surface area contributed by atoms with Gasteiger partial charge >= 0.3 is 5.97 Å². The molecule has 3 unspecified atom stereocenters. The zero-order valence-electron chi connectivity index (χ0n) is 25.6. The van der Waals surface area contributed by atoms with Gasteiger partial charge in [-0.2, -0.15) is 0 Å². The molecule has 1 amide bonds. The molecule has 1 aliphatic carbocycles. The van der Waals surface area contributed by atoms with E-state index in [1.807, 2.05) is 62.3 Å². The Balaban J connectivity index is 1.41. The lowest BCUT2D eigenvalue weighted by atomic mass is 9.71. The highest BCUT2D eigenvalue weighted by Crippen LogP contribution is 2.57. The number of hydrogen-bond donors (Lipinski definition) is 0. The van der Waals surface area contributed by atoms with Crippen molar-refractivity contribution in [3.05, 3.63) is 82.6 Å². The molecule has 0 bridgehead atoms. The zero-order chi connectivity index (χ0) is 30.0. The highest BCUT2D eigenvalue weighted by Gasteiger charge is 2.58. The highest BCUT2D eigenvalue weighted by molar-refractivity contribution is 6.00. The molecule has 0 radical (unpaired) electrons. The number of fused-ring (bicyclic) bond motifs is 6. The molecule has 3 atom stereocenters. The van der Waals surface area contributed by atoms with E-state index in [9.17, 15) is 9.59 Å². The van der Waals surface area contributed by atoms with Crippen molar-refractivity contribution in [3.8, 4) is 5.75 Å². The van der Waals surface area contributed by atoms with Crippen molar-refractivity contribution in [2.24, 2.45) is 5.92 Å². The molecule has 3 heterocycles. The van der Waals surface area contributed by atoms with Crippen LogP contribution in [0.1, 0.15) is 65.5 Å². The quantitative estimate of drug-likeness (QED) is 0.379. The SMILES string of the molecule is CN(C)c1ccc2c(c1)OC1=CC(N(C)C)C=CC1C21OC(=O)c2ccc(C(=O)N3CCC(OC(C)(C)C)CC3)cc21. The number of hydrogen-bond acceptors (Lipinski definition) is 7. The van der Waals surface area contributed by atoms with Crippen LogP contribution in [0.5, 0.6) is 5.75 Å². The third-order valence-corrected chi connectivity index (χ3v) is 8.68. The first-order valence-electron chi connectivity index (χ1n) is 14.8. The third kappa shape index (κ3) is 4.80. The maximum atomic E-state index is 13.8. The molecule has 0 N–H and O–H groups in total. The molecule has 1 fully saturated rings. The molecule has 2 aromatic carbocycles. The summed E-state index contributed by atoms with van der Waals surface area (Å²) in [6, 6.07) is 11.4. The number of likely N-dealkylation sites (tertiary alicyclic amines) is 1. The van der Waals surface area contributed by atoms with Gasteiger partial charge in [-0.05, 0) is 84.1 Å². The summed E-state index contributed by atoms with van der Waals surface area (Å²) in [6.45, 7) is 7.45. The summed E-state index contributed by atoms with van der Waals surface area (Å²) in [5.74, 6) is 0.579. The van der Waals surface area contributed by atoms with Crippen molar-refractivity contribution in [2.75, 3.05) is 46.2 Å². The summed E-state index contributed by atoms with van der Waals surface area (Å²) in [4.78, 5) is 33.3. The van der Waals surface area contributed by atoms with Gasteiger partial charge in [0.2, 0.25) is 0 Å². The number of anilines is 1. The monoisotopic (exact) mass is 571 g/mol. The summed E-state index contributed by atoms with van der Waals surface area (Å²) in [5, 5.41) is 0. The summed E-state index contributed by atoms with van der Waals surface area (Å²) in [6.07, 6.45) is 8.02. The number of piperidine rings is 1. The Kier molecular flexibility index (Phi) is 6.97. The molecular formula is C34H41N3O5.